The van der Waals surface area contributed by atoms with E-state index >= 15 is 0 Å². The van der Waals surface area contributed by atoms with E-state index in [1.54, 1.807) is 24.1 Å². The third-order valence-electron chi connectivity index (χ3n) is 4.90. The second-order valence-corrected chi connectivity index (χ2v) is 8.67. The first-order chi connectivity index (χ1) is 15.0. The Morgan fingerprint density at radius 3 is 2.35 bits per heavy atom. The first-order valence-corrected chi connectivity index (χ1v) is 11.9. The van der Waals surface area contributed by atoms with E-state index < -0.39 is 6.04 Å². The third kappa shape index (κ3) is 8.11. The number of unbranched alkanes of at least 4 members (excludes halogenated alkanes) is 1. The van der Waals surface area contributed by atoms with Gasteiger partial charge in [-0.3, -0.25) is 9.59 Å². The van der Waals surface area contributed by atoms with E-state index in [0.29, 0.717) is 24.5 Å². The van der Waals surface area contributed by atoms with Crippen LogP contribution < -0.4 is 10.1 Å². The maximum Gasteiger partial charge on any atom is 0.242 e. The molecule has 0 bridgehead atoms. The first kappa shape index (κ1) is 25.1. The number of rotatable bonds is 12. The number of hydrogen-bond acceptors (Lipinski definition) is 4. The molecule has 2 amide bonds. The molecule has 1 N–H and O–H groups in total. The van der Waals surface area contributed by atoms with Crippen LogP contribution in [0.2, 0.25) is 5.02 Å². The topological polar surface area (TPSA) is 58.6 Å². The Bertz CT molecular complexity index is 828. The molecule has 0 radical (unpaired) electrons. The van der Waals surface area contributed by atoms with E-state index in [1.807, 2.05) is 43.3 Å². The van der Waals surface area contributed by atoms with E-state index in [9.17, 15) is 9.59 Å². The Labute approximate surface area is 194 Å². The molecule has 0 heterocycles. The van der Waals surface area contributed by atoms with Gasteiger partial charge in [-0.15, -0.1) is 11.8 Å². The van der Waals surface area contributed by atoms with Gasteiger partial charge in [0.15, 0.2) is 0 Å². The molecule has 31 heavy (non-hydrogen) atoms. The highest BCUT2D eigenvalue weighted by molar-refractivity contribution is 8.00. The van der Waals surface area contributed by atoms with Crippen molar-refractivity contribution in [3.63, 3.8) is 0 Å². The van der Waals surface area contributed by atoms with Crippen molar-refractivity contribution < 1.29 is 14.3 Å². The number of halogens is 1. The minimum absolute atomic E-state index is 0.0757. The van der Waals surface area contributed by atoms with Crippen LogP contribution in [0.5, 0.6) is 5.75 Å². The maximum absolute atomic E-state index is 13.2. The van der Waals surface area contributed by atoms with Crippen LogP contribution in [0, 0.1) is 0 Å². The average molecular weight is 463 g/mol. The van der Waals surface area contributed by atoms with Crippen molar-refractivity contribution in [2.45, 2.75) is 50.6 Å². The SMILES string of the molecule is CCCCNC(=O)C(CC)N(Cc1ccc(OC)cc1)C(=O)CSc1ccc(Cl)cc1. The van der Waals surface area contributed by atoms with Gasteiger partial charge >= 0.3 is 0 Å². The van der Waals surface area contributed by atoms with Gasteiger partial charge in [0.1, 0.15) is 11.8 Å². The molecule has 0 saturated heterocycles. The van der Waals surface area contributed by atoms with Gasteiger partial charge in [0.2, 0.25) is 11.8 Å². The van der Waals surface area contributed by atoms with Crippen LogP contribution in [0.15, 0.2) is 53.4 Å². The smallest absolute Gasteiger partial charge is 0.242 e. The van der Waals surface area contributed by atoms with Crippen molar-refractivity contribution in [2.24, 2.45) is 0 Å². The Hall–Kier alpha value is -2.18. The van der Waals surface area contributed by atoms with E-state index in [1.165, 1.54) is 11.8 Å². The van der Waals surface area contributed by atoms with Gasteiger partial charge in [-0.05, 0) is 54.8 Å². The molecular weight excluding hydrogens is 432 g/mol. The fourth-order valence-corrected chi connectivity index (χ4v) is 4.02. The molecule has 5 nitrogen and oxygen atoms in total. The second-order valence-electron chi connectivity index (χ2n) is 7.18. The fraction of sp³-hybridized carbons (Fsp3) is 0.417. The van der Waals surface area contributed by atoms with Crippen LogP contribution >= 0.6 is 23.4 Å². The highest BCUT2D eigenvalue weighted by Crippen LogP contribution is 2.22. The van der Waals surface area contributed by atoms with E-state index in [4.69, 9.17) is 16.3 Å². The zero-order valence-corrected chi connectivity index (χ0v) is 20.0. The van der Waals surface area contributed by atoms with Gasteiger partial charge in [-0.25, -0.2) is 0 Å². The molecule has 2 aromatic carbocycles. The van der Waals surface area contributed by atoms with Gasteiger partial charge < -0.3 is 15.0 Å². The molecule has 1 atom stereocenters. The molecule has 0 aliphatic carbocycles. The molecule has 0 aromatic heterocycles. The van der Waals surface area contributed by atoms with Gasteiger partial charge in [0.05, 0.1) is 12.9 Å². The van der Waals surface area contributed by atoms with Gasteiger partial charge in [0.25, 0.3) is 0 Å². The van der Waals surface area contributed by atoms with Crippen molar-refractivity contribution in [1.29, 1.82) is 0 Å². The van der Waals surface area contributed by atoms with Crippen LogP contribution in [0.1, 0.15) is 38.7 Å². The van der Waals surface area contributed by atoms with Gasteiger partial charge in [0, 0.05) is 23.0 Å². The molecule has 2 rings (SSSR count). The van der Waals surface area contributed by atoms with Crippen molar-refractivity contribution in [3.05, 3.63) is 59.1 Å². The summed E-state index contributed by atoms with van der Waals surface area (Å²) in [5.74, 6) is 0.822. The third-order valence-corrected chi connectivity index (χ3v) is 6.15. The first-order valence-electron chi connectivity index (χ1n) is 10.6. The minimum Gasteiger partial charge on any atom is -0.497 e. The molecule has 0 spiro atoms. The van der Waals surface area contributed by atoms with Crippen molar-refractivity contribution >= 4 is 35.2 Å². The zero-order chi connectivity index (χ0) is 22.6. The molecule has 2 aromatic rings. The lowest BCUT2D eigenvalue weighted by Crippen LogP contribution is -2.49. The zero-order valence-electron chi connectivity index (χ0n) is 18.4. The summed E-state index contributed by atoms with van der Waals surface area (Å²) in [5.41, 5.74) is 0.949. The van der Waals surface area contributed by atoms with Gasteiger partial charge in [-0.2, -0.15) is 0 Å². The second kappa shape index (κ2) is 13.3. The fourth-order valence-electron chi connectivity index (χ4n) is 3.11. The molecule has 0 aliphatic heterocycles. The molecule has 0 fully saturated rings. The predicted octanol–water partition coefficient (Wildman–Crippen LogP) is 5.16. The Balaban J connectivity index is 2.16. The van der Waals surface area contributed by atoms with Crippen LogP contribution in [0.25, 0.3) is 0 Å². The lowest BCUT2D eigenvalue weighted by molar-refractivity contribution is -0.139. The van der Waals surface area contributed by atoms with E-state index in [0.717, 1.165) is 29.1 Å². The van der Waals surface area contributed by atoms with Crippen molar-refractivity contribution in [2.75, 3.05) is 19.4 Å². The number of thioether (sulfide) groups is 1. The summed E-state index contributed by atoms with van der Waals surface area (Å²) in [7, 11) is 1.62. The normalized spacial score (nSPS) is 11.6. The minimum atomic E-state index is -0.516. The Morgan fingerprint density at radius 2 is 1.77 bits per heavy atom. The lowest BCUT2D eigenvalue weighted by Gasteiger charge is -2.30. The summed E-state index contributed by atoms with van der Waals surface area (Å²) >= 11 is 7.39. The Morgan fingerprint density at radius 1 is 1.10 bits per heavy atom. The number of amides is 2. The van der Waals surface area contributed by atoms with Crippen LogP contribution in [-0.2, 0) is 16.1 Å². The quantitative estimate of drug-likeness (QED) is 0.349. The number of hydrogen-bond donors (Lipinski definition) is 1. The number of nitrogens with one attached hydrogen (secondary N) is 1. The maximum atomic E-state index is 13.2. The number of methoxy groups -OCH3 is 1. The molecule has 7 heteroatoms. The van der Waals surface area contributed by atoms with E-state index in [-0.39, 0.29) is 17.6 Å². The number of carbonyl (C=O) groups excluding carboxylic acids is 2. The summed E-state index contributed by atoms with van der Waals surface area (Å²) in [5, 5.41) is 3.64. The standard InChI is InChI=1S/C24H31ClN2O3S/c1-4-6-15-26-24(29)22(5-2)27(16-18-7-11-20(30-3)12-8-18)23(28)17-31-21-13-9-19(25)10-14-21/h7-14,22H,4-6,15-17H2,1-3H3,(H,26,29). The summed E-state index contributed by atoms with van der Waals surface area (Å²) in [4.78, 5) is 28.7. The highest BCUT2D eigenvalue weighted by Gasteiger charge is 2.28. The number of ether oxygens (including phenoxy) is 1. The average Bonchev–Trinajstić information content (AvgIpc) is 2.79. The van der Waals surface area contributed by atoms with Crippen molar-refractivity contribution in [3.8, 4) is 5.75 Å². The largest absolute Gasteiger partial charge is 0.497 e. The molecule has 168 valence electrons. The molecule has 0 saturated carbocycles. The summed E-state index contributed by atoms with van der Waals surface area (Å²) in [6.07, 6.45) is 2.47. The molecule has 0 aliphatic rings. The van der Waals surface area contributed by atoms with Crippen LogP contribution in [-0.4, -0.2) is 42.2 Å². The van der Waals surface area contributed by atoms with Crippen molar-refractivity contribution in [1.82, 2.24) is 10.2 Å². The number of nitrogens with zero attached hydrogens (tertiary/aromatic N) is 1. The van der Waals surface area contributed by atoms with Gasteiger partial charge in [-0.1, -0.05) is 44.0 Å². The monoisotopic (exact) mass is 462 g/mol. The number of benzene rings is 2. The molecular formula is C24H31ClN2O3S. The molecule has 1 unspecified atom stereocenters. The van der Waals surface area contributed by atoms with Crippen LogP contribution in [0.4, 0.5) is 0 Å². The van der Waals surface area contributed by atoms with Crippen LogP contribution in [0.3, 0.4) is 0 Å². The summed E-state index contributed by atoms with van der Waals surface area (Å²) in [6, 6.07) is 14.5. The predicted molar refractivity (Wildman–Crippen MR) is 128 cm³/mol. The summed E-state index contributed by atoms with van der Waals surface area (Å²) in [6.45, 7) is 5.00. The lowest BCUT2D eigenvalue weighted by atomic mass is 10.1. The highest BCUT2D eigenvalue weighted by atomic mass is 35.5. The Kier molecular flexibility index (Phi) is 10.7. The number of carbonyl (C=O) groups is 2. The summed E-state index contributed by atoms with van der Waals surface area (Å²) < 4.78 is 5.22. The van der Waals surface area contributed by atoms with E-state index in [2.05, 4.69) is 12.2 Å².